The van der Waals surface area contributed by atoms with Crippen molar-refractivity contribution in [3.8, 4) is 0 Å². The van der Waals surface area contributed by atoms with Gasteiger partial charge < -0.3 is 5.32 Å². The van der Waals surface area contributed by atoms with E-state index < -0.39 is 0 Å². The number of halogens is 1. The van der Waals surface area contributed by atoms with Gasteiger partial charge in [-0.05, 0) is 60.0 Å². The summed E-state index contributed by atoms with van der Waals surface area (Å²) in [7, 11) is 0. The Kier molecular flexibility index (Phi) is 8.33. The quantitative estimate of drug-likeness (QED) is 0.401. The first-order valence-corrected chi connectivity index (χ1v) is 12.3. The van der Waals surface area contributed by atoms with E-state index in [2.05, 4.69) is 71.7 Å². The lowest BCUT2D eigenvalue weighted by Gasteiger charge is -2.39. The van der Waals surface area contributed by atoms with Gasteiger partial charge in [-0.2, -0.15) is 0 Å². The van der Waals surface area contributed by atoms with Crippen molar-refractivity contribution in [3.63, 3.8) is 0 Å². The van der Waals surface area contributed by atoms with Crippen molar-refractivity contribution in [3.05, 3.63) is 106 Å². The molecule has 0 aromatic heterocycles. The Bertz CT molecular complexity index is 1050. The van der Waals surface area contributed by atoms with Crippen molar-refractivity contribution in [2.75, 3.05) is 13.1 Å². The molecule has 1 heterocycles. The fourth-order valence-electron chi connectivity index (χ4n) is 4.95. The monoisotopic (exact) mass is 460 g/mol. The van der Waals surface area contributed by atoms with E-state index in [1.807, 2.05) is 18.2 Å². The fourth-order valence-corrected chi connectivity index (χ4v) is 5.14. The van der Waals surface area contributed by atoms with Gasteiger partial charge in [0.1, 0.15) is 6.29 Å². The summed E-state index contributed by atoms with van der Waals surface area (Å²) >= 11 is 6.45. The van der Waals surface area contributed by atoms with Crippen LogP contribution in [0.1, 0.15) is 46.0 Å². The van der Waals surface area contributed by atoms with Crippen molar-refractivity contribution in [2.45, 2.75) is 45.3 Å². The Balaban J connectivity index is 1.50. The number of benzene rings is 3. The van der Waals surface area contributed by atoms with Crippen molar-refractivity contribution in [1.82, 2.24) is 10.2 Å². The van der Waals surface area contributed by atoms with E-state index in [1.54, 1.807) is 0 Å². The minimum absolute atomic E-state index is 0.448. The van der Waals surface area contributed by atoms with Crippen LogP contribution in [-0.2, 0) is 25.9 Å². The number of aldehydes is 1. The number of hydrogen-bond acceptors (Lipinski definition) is 3. The number of aryl methyl sites for hydroxylation is 1. The van der Waals surface area contributed by atoms with Gasteiger partial charge in [0, 0.05) is 36.3 Å². The second-order valence-corrected chi connectivity index (χ2v) is 9.46. The molecule has 4 rings (SSSR count). The summed E-state index contributed by atoms with van der Waals surface area (Å²) in [6, 6.07) is 25.6. The molecular weight excluding hydrogens is 428 g/mol. The molecule has 3 nitrogen and oxygen atoms in total. The van der Waals surface area contributed by atoms with Gasteiger partial charge in [0.25, 0.3) is 0 Å². The minimum Gasteiger partial charge on any atom is -0.310 e. The Morgan fingerprint density at radius 2 is 1.79 bits per heavy atom. The van der Waals surface area contributed by atoms with E-state index >= 15 is 0 Å². The van der Waals surface area contributed by atoms with Crippen molar-refractivity contribution in [2.24, 2.45) is 5.92 Å². The molecule has 1 aliphatic rings. The zero-order valence-electron chi connectivity index (χ0n) is 19.3. The SMILES string of the molecule is CCc1cc(CC2CN(Cc3ccccc3Cl)CCC2NCc2ccccc2)ccc1C=O. The molecule has 0 amide bonds. The normalized spacial score (nSPS) is 18.8. The van der Waals surface area contributed by atoms with Gasteiger partial charge in [-0.1, -0.05) is 85.3 Å². The molecule has 4 heteroatoms. The van der Waals surface area contributed by atoms with Crippen LogP contribution >= 0.6 is 11.6 Å². The molecular formula is C29H33ClN2O. The summed E-state index contributed by atoms with van der Waals surface area (Å²) in [5, 5.41) is 4.69. The number of hydrogen-bond donors (Lipinski definition) is 1. The molecule has 1 saturated heterocycles. The predicted molar refractivity (Wildman–Crippen MR) is 137 cm³/mol. The lowest BCUT2D eigenvalue weighted by atomic mass is 9.85. The van der Waals surface area contributed by atoms with Crippen LogP contribution in [0.25, 0.3) is 0 Å². The molecule has 172 valence electrons. The molecule has 3 aromatic rings. The minimum atomic E-state index is 0.448. The van der Waals surface area contributed by atoms with Gasteiger partial charge in [0.05, 0.1) is 0 Å². The van der Waals surface area contributed by atoms with Crippen LogP contribution in [0.3, 0.4) is 0 Å². The smallest absolute Gasteiger partial charge is 0.150 e. The van der Waals surface area contributed by atoms with E-state index in [9.17, 15) is 4.79 Å². The van der Waals surface area contributed by atoms with E-state index in [-0.39, 0.29) is 0 Å². The van der Waals surface area contributed by atoms with Gasteiger partial charge in [0.2, 0.25) is 0 Å². The molecule has 1 fully saturated rings. The lowest BCUT2D eigenvalue weighted by molar-refractivity contribution is 0.112. The zero-order valence-corrected chi connectivity index (χ0v) is 20.1. The highest BCUT2D eigenvalue weighted by molar-refractivity contribution is 6.31. The average molecular weight is 461 g/mol. The summed E-state index contributed by atoms with van der Waals surface area (Å²) in [5.74, 6) is 0.483. The van der Waals surface area contributed by atoms with Crippen LogP contribution in [0.15, 0.2) is 72.8 Å². The number of rotatable bonds is 9. The van der Waals surface area contributed by atoms with E-state index in [4.69, 9.17) is 11.6 Å². The number of nitrogens with zero attached hydrogens (tertiary/aromatic N) is 1. The van der Waals surface area contributed by atoms with Gasteiger partial charge in [-0.3, -0.25) is 9.69 Å². The van der Waals surface area contributed by atoms with Crippen LogP contribution in [0.4, 0.5) is 0 Å². The highest BCUT2D eigenvalue weighted by atomic mass is 35.5. The molecule has 0 spiro atoms. The fraction of sp³-hybridized carbons (Fsp3) is 0.345. The Morgan fingerprint density at radius 1 is 1.00 bits per heavy atom. The lowest BCUT2D eigenvalue weighted by Crippen LogP contribution is -2.49. The van der Waals surface area contributed by atoms with E-state index in [0.29, 0.717) is 12.0 Å². The number of carbonyl (C=O) groups is 1. The van der Waals surface area contributed by atoms with Crippen LogP contribution in [0.5, 0.6) is 0 Å². The molecule has 2 atom stereocenters. The second kappa shape index (κ2) is 11.6. The van der Waals surface area contributed by atoms with Gasteiger partial charge in [0.15, 0.2) is 0 Å². The summed E-state index contributed by atoms with van der Waals surface area (Å²) < 4.78 is 0. The molecule has 0 saturated carbocycles. The van der Waals surface area contributed by atoms with E-state index in [1.165, 1.54) is 16.7 Å². The standard InChI is InChI=1S/C29H33ClN2O/c1-2-24-16-23(12-13-26(24)21-33)17-27-20-32(19-25-10-6-7-11-28(25)30)15-14-29(27)31-18-22-8-4-3-5-9-22/h3-13,16,21,27,29,31H,2,14-15,17-20H2,1H3. The number of piperidine rings is 1. The molecule has 0 aliphatic carbocycles. The van der Waals surface area contributed by atoms with Crippen molar-refractivity contribution < 1.29 is 4.79 Å². The Hall–Kier alpha value is -2.46. The summed E-state index contributed by atoms with van der Waals surface area (Å²) in [4.78, 5) is 13.9. The maximum atomic E-state index is 11.4. The number of likely N-dealkylation sites (tertiary alicyclic amines) is 1. The topological polar surface area (TPSA) is 32.3 Å². The molecule has 1 N–H and O–H groups in total. The Labute approximate surface area is 202 Å². The Morgan fingerprint density at radius 3 is 2.55 bits per heavy atom. The average Bonchev–Trinajstić information content (AvgIpc) is 2.85. The molecule has 1 aliphatic heterocycles. The molecule has 2 unspecified atom stereocenters. The maximum Gasteiger partial charge on any atom is 0.150 e. The summed E-state index contributed by atoms with van der Waals surface area (Å²) in [5.41, 5.74) is 5.77. The number of carbonyl (C=O) groups excluding carboxylic acids is 1. The maximum absolute atomic E-state index is 11.4. The zero-order chi connectivity index (χ0) is 23.0. The van der Waals surface area contributed by atoms with Crippen LogP contribution in [0.2, 0.25) is 5.02 Å². The summed E-state index contributed by atoms with van der Waals surface area (Å²) in [6.45, 7) is 5.96. The first-order valence-electron chi connectivity index (χ1n) is 12.0. The molecule has 0 radical (unpaired) electrons. The molecule has 3 aromatic carbocycles. The van der Waals surface area contributed by atoms with Crippen LogP contribution < -0.4 is 5.32 Å². The van der Waals surface area contributed by atoms with Crippen LogP contribution in [-0.4, -0.2) is 30.3 Å². The third-order valence-corrected chi connectivity index (χ3v) is 7.16. The van der Waals surface area contributed by atoms with Crippen LogP contribution in [0, 0.1) is 5.92 Å². The number of nitrogens with one attached hydrogen (secondary N) is 1. The molecule has 33 heavy (non-hydrogen) atoms. The highest BCUT2D eigenvalue weighted by Gasteiger charge is 2.29. The van der Waals surface area contributed by atoms with Gasteiger partial charge in [-0.15, -0.1) is 0 Å². The first kappa shape index (κ1) is 23.7. The molecule has 0 bridgehead atoms. The van der Waals surface area contributed by atoms with E-state index in [0.717, 1.165) is 67.9 Å². The highest BCUT2D eigenvalue weighted by Crippen LogP contribution is 2.26. The third kappa shape index (κ3) is 6.32. The third-order valence-electron chi connectivity index (χ3n) is 6.79. The predicted octanol–water partition coefficient (Wildman–Crippen LogP) is 5.94. The van der Waals surface area contributed by atoms with Gasteiger partial charge >= 0.3 is 0 Å². The largest absolute Gasteiger partial charge is 0.310 e. The van der Waals surface area contributed by atoms with Crippen molar-refractivity contribution >= 4 is 17.9 Å². The van der Waals surface area contributed by atoms with Crippen molar-refractivity contribution in [1.29, 1.82) is 0 Å². The second-order valence-electron chi connectivity index (χ2n) is 9.06. The first-order chi connectivity index (χ1) is 16.2. The van der Waals surface area contributed by atoms with Gasteiger partial charge in [-0.25, -0.2) is 0 Å². The summed E-state index contributed by atoms with van der Waals surface area (Å²) in [6.07, 6.45) is 3.95.